The van der Waals surface area contributed by atoms with Crippen molar-refractivity contribution in [2.24, 2.45) is 0 Å². The molecule has 0 spiro atoms. The topological polar surface area (TPSA) is 9.23 Å². The number of fused-ring (bicyclic) bond motifs is 1. The Morgan fingerprint density at radius 2 is 1.48 bits per heavy atom. The van der Waals surface area contributed by atoms with Crippen LogP contribution in [0.2, 0.25) is 0 Å². The van der Waals surface area contributed by atoms with Crippen LogP contribution in [0.3, 0.4) is 0 Å². The fraction of sp³-hybridized carbons (Fsp3) is 0.667. The van der Waals surface area contributed by atoms with Crippen molar-refractivity contribution in [3.8, 4) is 5.75 Å². The van der Waals surface area contributed by atoms with Crippen LogP contribution in [0.25, 0.3) is 0 Å². The van der Waals surface area contributed by atoms with Gasteiger partial charge in [-0.15, -0.1) is 0 Å². The van der Waals surface area contributed by atoms with Gasteiger partial charge in [0.25, 0.3) is 0 Å². The van der Waals surface area contributed by atoms with Crippen LogP contribution in [-0.2, 0) is 42.1 Å². The van der Waals surface area contributed by atoms with E-state index in [0.29, 0.717) is 12.0 Å². The third-order valence-electron chi connectivity index (χ3n) is 2.71. The van der Waals surface area contributed by atoms with Gasteiger partial charge in [-0.05, 0) is 43.4 Å². The molecule has 0 N–H and O–H groups in total. The predicted octanol–water partition coefficient (Wildman–Crippen LogP) is 6.10. The molecule has 122 valence electrons. The molecule has 1 aromatic rings. The van der Waals surface area contributed by atoms with Gasteiger partial charge in [0.2, 0.25) is 0 Å². The number of hydrogen-bond acceptors (Lipinski definition) is 1. The van der Waals surface area contributed by atoms with Crippen LogP contribution < -0.4 is 4.74 Å². The Kier molecular flexibility index (Phi) is 19.2. The van der Waals surface area contributed by atoms with Gasteiger partial charge in [0.05, 0.1) is 6.10 Å². The quantitative estimate of drug-likeness (QED) is 0.337. The first-order chi connectivity index (χ1) is 8.99. The standard InChI is InChI=1S/C12H16O.2C3H8.2W/c1-8-4-5-11-9(2)7-10(3)13-12(11)6-8;2*1-3-2;;/h4-6,9-10H,7H2,1-3H3;2*3H2,1-2H3;;. The Bertz CT molecular complexity index is 351. The van der Waals surface area contributed by atoms with Gasteiger partial charge >= 0.3 is 0 Å². The fourth-order valence-electron chi connectivity index (χ4n) is 2.04. The van der Waals surface area contributed by atoms with Gasteiger partial charge in [-0.2, -0.15) is 0 Å². The average molecular weight is 632 g/mol. The fourth-order valence-corrected chi connectivity index (χ4v) is 2.04. The minimum Gasteiger partial charge on any atom is -0.490 e. The first-order valence-electron chi connectivity index (χ1n) is 7.77. The minimum absolute atomic E-state index is 0. The Morgan fingerprint density at radius 1 is 1.00 bits per heavy atom. The zero-order valence-electron chi connectivity index (χ0n) is 14.7. The Balaban J connectivity index is -0.000000355. The Hall–Kier alpha value is 0.397. The Morgan fingerprint density at radius 3 is 1.95 bits per heavy atom. The van der Waals surface area contributed by atoms with Gasteiger partial charge in [0.15, 0.2) is 0 Å². The molecule has 0 aliphatic carbocycles. The third kappa shape index (κ3) is 10.7. The number of hydrogen-bond donors (Lipinski definition) is 0. The Labute approximate surface area is 161 Å². The summed E-state index contributed by atoms with van der Waals surface area (Å²) in [6.07, 6.45) is 4.00. The molecule has 0 fully saturated rings. The van der Waals surface area contributed by atoms with Crippen LogP contribution >= 0.6 is 0 Å². The number of ether oxygens (including phenoxy) is 1. The molecule has 2 atom stereocenters. The van der Waals surface area contributed by atoms with Crippen LogP contribution in [0.4, 0.5) is 0 Å². The molecule has 0 saturated carbocycles. The zero-order valence-corrected chi connectivity index (χ0v) is 20.6. The molecule has 2 unspecified atom stereocenters. The normalized spacial score (nSPS) is 18.0. The molecule has 0 aromatic heterocycles. The third-order valence-corrected chi connectivity index (χ3v) is 2.71. The predicted molar refractivity (Wildman–Crippen MR) is 86.2 cm³/mol. The van der Waals surface area contributed by atoms with E-state index in [1.54, 1.807) is 0 Å². The molecule has 21 heavy (non-hydrogen) atoms. The molecule has 1 aromatic carbocycles. The summed E-state index contributed by atoms with van der Waals surface area (Å²) in [6, 6.07) is 6.50. The summed E-state index contributed by atoms with van der Waals surface area (Å²) in [6.45, 7) is 15.0. The zero-order chi connectivity index (χ0) is 14.8. The summed E-state index contributed by atoms with van der Waals surface area (Å²) >= 11 is 0. The van der Waals surface area contributed by atoms with Crippen LogP contribution in [0.1, 0.15) is 77.8 Å². The van der Waals surface area contributed by atoms with E-state index < -0.39 is 0 Å². The van der Waals surface area contributed by atoms with E-state index in [0.717, 1.165) is 12.2 Å². The van der Waals surface area contributed by atoms with E-state index in [1.807, 2.05) is 0 Å². The first-order valence-corrected chi connectivity index (χ1v) is 7.77. The van der Waals surface area contributed by atoms with Gasteiger partial charge in [-0.3, -0.25) is 0 Å². The maximum atomic E-state index is 5.78. The van der Waals surface area contributed by atoms with Crippen molar-refractivity contribution < 1.29 is 46.9 Å². The van der Waals surface area contributed by atoms with Crippen molar-refractivity contribution in [3.05, 3.63) is 29.3 Å². The van der Waals surface area contributed by atoms with Crippen molar-refractivity contribution in [1.29, 1.82) is 0 Å². The van der Waals surface area contributed by atoms with Gasteiger partial charge in [-0.1, -0.05) is 59.6 Å². The second kappa shape index (κ2) is 15.3. The van der Waals surface area contributed by atoms with Crippen LogP contribution in [0.15, 0.2) is 18.2 Å². The molecule has 1 aliphatic heterocycles. The van der Waals surface area contributed by atoms with Gasteiger partial charge in [0.1, 0.15) is 5.75 Å². The monoisotopic (exact) mass is 632 g/mol. The van der Waals surface area contributed by atoms with Crippen molar-refractivity contribution in [2.45, 2.75) is 79.8 Å². The largest absolute Gasteiger partial charge is 0.490 e. The van der Waals surface area contributed by atoms with E-state index >= 15 is 0 Å². The van der Waals surface area contributed by atoms with Gasteiger partial charge in [0, 0.05) is 42.1 Å². The SMILES string of the molecule is CCC.CCC.Cc1ccc2c(c1)OC(C)CC2C.[W].[W]. The van der Waals surface area contributed by atoms with E-state index in [1.165, 1.54) is 24.0 Å². The van der Waals surface area contributed by atoms with E-state index in [4.69, 9.17) is 4.74 Å². The molecule has 0 amide bonds. The number of benzene rings is 1. The second-order valence-electron chi connectivity index (χ2n) is 5.52. The summed E-state index contributed by atoms with van der Waals surface area (Å²) in [5.74, 6) is 1.73. The number of aryl methyl sites for hydroxylation is 1. The van der Waals surface area contributed by atoms with Crippen molar-refractivity contribution in [3.63, 3.8) is 0 Å². The molecule has 3 heteroatoms. The molecule has 1 aliphatic rings. The molecule has 0 saturated heterocycles. The summed E-state index contributed by atoms with van der Waals surface area (Å²) in [5.41, 5.74) is 2.64. The molecule has 1 nitrogen and oxygen atoms in total. The molecule has 0 bridgehead atoms. The maximum Gasteiger partial charge on any atom is 0.123 e. The van der Waals surface area contributed by atoms with Crippen LogP contribution in [0, 0.1) is 6.92 Å². The summed E-state index contributed by atoms with van der Waals surface area (Å²) in [5, 5.41) is 0. The number of rotatable bonds is 0. The summed E-state index contributed by atoms with van der Waals surface area (Å²) in [4.78, 5) is 0. The first kappa shape index (κ1) is 26.3. The smallest absolute Gasteiger partial charge is 0.123 e. The van der Waals surface area contributed by atoms with E-state index in [9.17, 15) is 0 Å². The molecule has 0 radical (unpaired) electrons. The average Bonchev–Trinajstić information content (AvgIpc) is 2.29. The molecule has 2 rings (SSSR count). The van der Waals surface area contributed by atoms with Crippen LogP contribution in [-0.4, -0.2) is 6.10 Å². The minimum atomic E-state index is 0. The van der Waals surface area contributed by atoms with Gasteiger partial charge < -0.3 is 4.74 Å². The summed E-state index contributed by atoms with van der Waals surface area (Å²) < 4.78 is 5.78. The molecular weight excluding hydrogens is 600 g/mol. The summed E-state index contributed by atoms with van der Waals surface area (Å²) in [7, 11) is 0. The van der Waals surface area contributed by atoms with E-state index in [2.05, 4.69) is 66.7 Å². The van der Waals surface area contributed by atoms with Crippen molar-refractivity contribution in [2.75, 3.05) is 0 Å². The molecule has 1 heterocycles. The maximum absolute atomic E-state index is 5.78. The molecular formula is C18H32OW2. The van der Waals surface area contributed by atoms with Gasteiger partial charge in [-0.25, -0.2) is 0 Å². The second-order valence-corrected chi connectivity index (χ2v) is 5.52. The van der Waals surface area contributed by atoms with E-state index in [-0.39, 0.29) is 42.1 Å². The van der Waals surface area contributed by atoms with Crippen LogP contribution in [0.5, 0.6) is 5.75 Å². The van der Waals surface area contributed by atoms with Crippen molar-refractivity contribution in [1.82, 2.24) is 0 Å². The van der Waals surface area contributed by atoms with Crippen molar-refractivity contribution >= 4 is 0 Å².